The molecule has 5 heteroatoms. The van der Waals surface area contributed by atoms with Gasteiger partial charge in [0.05, 0.1) is 13.2 Å². The van der Waals surface area contributed by atoms with Crippen LogP contribution in [0.1, 0.15) is 45.6 Å². The quantitative estimate of drug-likeness (QED) is 0.580. The Kier molecular flexibility index (Phi) is 6.41. The highest BCUT2D eigenvalue weighted by Gasteiger charge is 2.36. The van der Waals surface area contributed by atoms with Crippen LogP contribution in [0.2, 0.25) is 0 Å². The molecule has 3 rings (SSSR count). The number of guanidine groups is 1. The highest BCUT2D eigenvalue weighted by molar-refractivity contribution is 5.80. The summed E-state index contributed by atoms with van der Waals surface area (Å²) < 4.78 is 11.2. The summed E-state index contributed by atoms with van der Waals surface area (Å²) in [6.45, 7) is 10.4. The van der Waals surface area contributed by atoms with Crippen LogP contribution in [0.15, 0.2) is 29.3 Å². The SMILES string of the molecule is CCNC(=NCC1(c2ccc(OCC)cc2)CCOCC1)NC1CC1C. The number of nitrogens with one attached hydrogen (secondary N) is 2. The molecule has 2 atom stereocenters. The fourth-order valence-corrected chi connectivity index (χ4v) is 3.62. The van der Waals surface area contributed by atoms with E-state index in [4.69, 9.17) is 14.5 Å². The molecule has 26 heavy (non-hydrogen) atoms. The highest BCUT2D eigenvalue weighted by atomic mass is 16.5. The molecule has 0 spiro atoms. The predicted octanol–water partition coefficient (Wildman–Crippen LogP) is 3.10. The van der Waals surface area contributed by atoms with Crippen molar-refractivity contribution in [2.75, 3.05) is 32.9 Å². The van der Waals surface area contributed by atoms with Crippen molar-refractivity contribution in [2.45, 2.75) is 51.5 Å². The van der Waals surface area contributed by atoms with E-state index in [2.05, 4.69) is 48.7 Å². The number of aliphatic imine (C=N–C) groups is 1. The normalized spacial score (nSPS) is 24.8. The van der Waals surface area contributed by atoms with Crippen molar-refractivity contribution in [3.05, 3.63) is 29.8 Å². The highest BCUT2D eigenvalue weighted by Crippen LogP contribution is 2.36. The van der Waals surface area contributed by atoms with Crippen LogP contribution in [0.3, 0.4) is 0 Å². The minimum absolute atomic E-state index is 0.0422. The van der Waals surface area contributed by atoms with Gasteiger partial charge in [-0.2, -0.15) is 0 Å². The predicted molar refractivity (Wildman–Crippen MR) is 106 cm³/mol. The van der Waals surface area contributed by atoms with Crippen molar-refractivity contribution in [1.82, 2.24) is 10.6 Å². The molecule has 1 heterocycles. The lowest BCUT2D eigenvalue weighted by atomic mass is 9.74. The molecule has 2 aliphatic rings. The molecule has 2 fully saturated rings. The van der Waals surface area contributed by atoms with E-state index in [0.717, 1.165) is 56.8 Å². The maximum absolute atomic E-state index is 5.65. The molecule has 1 saturated carbocycles. The van der Waals surface area contributed by atoms with E-state index in [1.54, 1.807) is 0 Å². The third kappa shape index (κ3) is 4.70. The lowest BCUT2D eigenvalue weighted by molar-refractivity contribution is 0.0531. The second-order valence-corrected chi connectivity index (χ2v) is 7.51. The zero-order valence-corrected chi connectivity index (χ0v) is 16.4. The summed E-state index contributed by atoms with van der Waals surface area (Å²) in [6.07, 6.45) is 3.25. The van der Waals surface area contributed by atoms with Crippen LogP contribution >= 0.6 is 0 Å². The van der Waals surface area contributed by atoms with Crippen molar-refractivity contribution < 1.29 is 9.47 Å². The molecule has 0 radical (unpaired) electrons. The fourth-order valence-electron chi connectivity index (χ4n) is 3.62. The molecular weight excluding hydrogens is 326 g/mol. The van der Waals surface area contributed by atoms with Gasteiger partial charge in [-0.3, -0.25) is 4.99 Å². The first kappa shape index (κ1) is 19.0. The molecule has 2 N–H and O–H groups in total. The topological polar surface area (TPSA) is 54.9 Å². The van der Waals surface area contributed by atoms with Gasteiger partial charge in [0, 0.05) is 31.2 Å². The first-order valence-electron chi connectivity index (χ1n) is 10.0. The van der Waals surface area contributed by atoms with E-state index < -0.39 is 0 Å². The molecule has 1 aliphatic carbocycles. The van der Waals surface area contributed by atoms with Crippen LogP contribution < -0.4 is 15.4 Å². The van der Waals surface area contributed by atoms with E-state index in [-0.39, 0.29) is 5.41 Å². The molecule has 2 unspecified atom stereocenters. The van der Waals surface area contributed by atoms with Gasteiger partial charge in [0.2, 0.25) is 0 Å². The van der Waals surface area contributed by atoms with Crippen LogP contribution in [0.4, 0.5) is 0 Å². The standard InChI is InChI=1S/C21H33N3O2/c1-4-22-20(24-19-14-16(19)3)23-15-21(10-12-25-13-11-21)17-6-8-18(9-7-17)26-5-2/h6-9,16,19H,4-5,10-15H2,1-3H3,(H2,22,23,24). The molecule has 1 aromatic carbocycles. The maximum Gasteiger partial charge on any atom is 0.191 e. The van der Waals surface area contributed by atoms with Gasteiger partial charge in [0.25, 0.3) is 0 Å². The van der Waals surface area contributed by atoms with Crippen LogP contribution in [0.25, 0.3) is 0 Å². The van der Waals surface area contributed by atoms with Crippen molar-refractivity contribution in [1.29, 1.82) is 0 Å². The zero-order chi connectivity index (χ0) is 18.4. The zero-order valence-electron chi connectivity index (χ0n) is 16.4. The molecular formula is C21H33N3O2. The third-order valence-electron chi connectivity index (χ3n) is 5.54. The summed E-state index contributed by atoms with van der Waals surface area (Å²) in [4.78, 5) is 4.97. The van der Waals surface area contributed by atoms with E-state index in [9.17, 15) is 0 Å². The van der Waals surface area contributed by atoms with E-state index in [0.29, 0.717) is 12.6 Å². The van der Waals surface area contributed by atoms with Crippen LogP contribution in [0, 0.1) is 5.92 Å². The summed E-state index contributed by atoms with van der Waals surface area (Å²) in [5.74, 6) is 2.63. The number of hydrogen-bond acceptors (Lipinski definition) is 3. The Labute approximate surface area is 157 Å². The van der Waals surface area contributed by atoms with Crippen LogP contribution in [0.5, 0.6) is 5.75 Å². The van der Waals surface area contributed by atoms with Crippen molar-refractivity contribution in [2.24, 2.45) is 10.9 Å². The molecule has 5 nitrogen and oxygen atoms in total. The van der Waals surface area contributed by atoms with Crippen molar-refractivity contribution in [3.63, 3.8) is 0 Å². The second-order valence-electron chi connectivity index (χ2n) is 7.51. The molecule has 0 amide bonds. The van der Waals surface area contributed by atoms with Crippen LogP contribution in [-0.2, 0) is 10.2 Å². The number of hydrogen-bond donors (Lipinski definition) is 2. The average molecular weight is 360 g/mol. The number of rotatable bonds is 7. The Balaban J connectivity index is 1.76. The van der Waals surface area contributed by atoms with Gasteiger partial charge in [-0.05, 0) is 56.7 Å². The van der Waals surface area contributed by atoms with Gasteiger partial charge >= 0.3 is 0 Å². The summed E-state index contributed by atoms with van der Waals surface area (Å²) in [6, 6.07) is 9.14. The van der Waals surface area contributed by atoms with E-state index >= 15 is 0 Å². The molecule has 144 valence electrons. The average Bonchev–Trinajstić information content (AvgIpc) is 3.36. The number of nitrogens with zero attached hydrogens (tertiary/aromatic N) is 1. The van der Waals surface area contributed by atoms with E-state index in [1.165, 1.54) is 12.0 Å². The van der Waals surface area contributed by atoms with Gasteiger partial charge in [-0.15, -0.1) is 0 Å². The Morgan fingerprint density at radius 2 is 1.92 bits per heavy atom. The lowest BCUT2D eigenvalue weighted by Gasteiger charge is -2.36. The Morgan fingerprint density at radius 3 is 2.50 bits per heavy atom. The van der Waals surface area contributed by atoms with Gasteiger partial charge in [0.15, 0.2) is 5.96 Å². The first-order valence-corrected chi connectivity index (χ1v) is 10.0. The Hall–Kier alpha value is -1.75. The summed E-state index contributed by atoms with van der Waals surface area (Å²) >= 11 is 0. The van der Waals surface area contributed by atoms with Crippen molar-refractivity contribution >= 4 is 5.96 Å². The third-order valence-corrected chi connectivity index (χ3v) is 5.54. The largest absolute Gasteiger partial charge is 0.494 e. The molecule has 1 aromatic rings. The molecule has 1 aliphatic heterocycles. The maximum atomic E-state index is 5.65. The van der Waals surface area contributed by atoms with Gasteiger partial charge < -0.3 is 20.1 Å². The first-order chi connectivity index (χ1) is 12.7. The summed E-state index contributed by atoms with van der Waals surface area (Å²) in [5, 5.41) is 6.96. The minimum atomic E-state index is 0.0422. The van der Waals surface area contributed by atoms with E-state index in [1.807, 2.05) is 6.92 Å². The van der Waals surface area contributed by atoms with Gasteiger partial charge in [0.1, 0.15) is 5.75 Å². The smallest absolute Gasteiger partial charge is 0.191 e. The molecule has 0 aromatic heterocycles. The summed E-state index contributed by atoms with van der Waals surface area (Å²) in [5.41, 5.74) is 1.38. The number of benzene rings is 1. The summed E-state index contributed by atoms with van der Waals surface area (Å²) in [7, 11) is 0. The lowest BCUT2D eigenvalue weighted by Crippen LogP contribution is -2.42. The minimum Gasteiger partial charge on any atom is -0.494 e. The Morgan fingerprint density at radius 1 is 1.23 bits per heavy atom. The Bertz CT molecular complexity index is 594. The van der Waals surface area contributed by atoms with Crippen molar-refractivity contribution in [3.8, 4) is 5.75 Å². The van der Waals surface area contributed by atoms with Gasteiger partial charge in [-0.25, -0.2) is 0 Å². The molecule has 0 bridgehead atoms. The van der Waals surface area contributed by atoms with Crippen LogP contribution in [-0.4, -0.2) is 44.9 Å². The molecule has 1 saturated heterocycles. The number of ether oxygens (including phenoxy) is 2. The van der Waals surface area contributed by atoms with Gasteiger partial charge in [-0.1, -0.05) is 19.1 Å². The fraction of sp³-hybridized carbons (Fsp3) is 0.667. The monoisotopic (exact) mass is 359 g/mol. The second kappa shape index (κ2) is 8.76.